The van der Waals surface area contributed by atoms with Crippen LogP contribution in [0, 0.1) is 11.8 Å². The summed E-state index contributed by atoms with van der Waals surface area (Å²) in [5.41, 5.74) is 1.64. The fourth-order valence-electron chi connectivity index (χ4n) is 5.09. The zero-order valence-electron chi connectivity index (χ0n) is 14.0. The molecule has 0 N–H and O–H groups in total. The summed E-state index contributed by atoms with van der Waals surface area (Å²) < 4.78 is 1.01. The first-order valence-corrected chi connectivity index (χ1v) is 9.56. The number of benzene rings is 1. The highest BCUT2D eigenvalue weighted by atomic mass is 79.9. The first kappa shape index (κ1) is 15.5. The molecule has 1 aromatic rings. The monoisotopic (exact) mass is 402 g/mol. The topological polar surface area (TPSA) is 56.2 Å². The zero-order valence-corrected chi connectivity index (χ0v) is 15.6. The lowest BCUT2D eigenvalue weighted by atomic mass is 9.70. The number of carbonyl (C=O) groups is 2. The summed E-state index contributed by atoms with van der Waals surface area (Å²) in [6, 6.07) is 8.02. The van der Waals surface area contributed by atoms with Gasteiger partial charge >= 0.3 is 0 Å². The van der Waals surface area contributed by atoms with Crippen LogP contribution >= 0.6 is 15.9 Å². The van der Waals surface area contributed by atoms with Crippen molar-refractivity contribution in [1.29, 1.82) is 0 Å². The van der Waals surface area contributed by atoms with Gasteiger partial charge in [-0.25, -0.2) is 0 Å². The molecular weight excluding hydrogens is 384 g/mol. The zero-order chi connectivity index (χ0) is 17.3. The van der Waals surface area contributed by atoms with Crippen molar-refractivity contribution < 1.29 is 9.59 Å². The third-order valence-corrected chi connectivity index (χ3v) is 6.74. The molecule has 130 valence electrons. The Morgan fingerprint density at radius 1 is 1.16 bits per heavy atom. The number of hydrogen-bond acceptors (Lipinski definition) is 5. The molecule has 5 rings (SSSR count). The molecule has 0 bridgehead atoms. The van der Waals surface area contributed by atoms with E-state index in [9.17, 15) is 9.59 Å². The maximum Gasteiger partial charge on any atom is 0.235 e. The highest BCUT2D eigenvalue weighted by Crippen LogP contribution is 2.54. The summed E-state index contributed by atoms with van der Waals surface area (Å²) in [5, 5.41) is 9.04. The van der Waals surface area contributed by atoms with Crippen LogP contribution in [0.15, 0.2) is 33.8 Å². The lowest BCUT2D eigenvalue weighted by Gasteiger charge is -2.41. The minimum Gasteiger partial charge on any atom is -0.285 e. The molecule has 2 saturated heterocycles. The highest BCUT2D eigenvalue weighted by Gasteiger charge is 2.69. The molecule has 3 aliphatic heterocycles. The number of carbonyl (C=O) groups excluding carboxylic acids is 2. The van der Waals surface area contributed by atoms with E-state index in [4.69, 9.17) is 5.10 Å². The van der Waals surface area contributed by atoms with Gasteiger partial charge in [-0.3, -0.25) is 14.5 Å². The molecule has 25 heavy (non-hydrogen) atoms. The Bertz CT molecular complexity index is 808. The SMILES string of the molecule is CN1C(=O)[C@@H]2[C@@H](CN3N(c4ccc(Br)cc4)N=C4CCCC[C@]423)C1=O. The van der Waals surface area contributed by atoms with Crippen molar-refractivity contribution in [3.63, 3.8) is 0 Å². The van der Waals surface area contributed by atoms with Gasteiger partial charge in [-0.05, 0) is 43.5 Å². The van der Waals surface area contributed by atoms with Crippen molar-refractivity contribution in [3.05, 3.63) is 28.7 Å². The van der Waals surface area contributed by atoms with Crippen LogP contribution < -0.4 is 5.12 Å². The van der Waals surface area contributed by atoms with E-state index in [1.807, 2.05) is 29.4 Å². The molecule has 1 aliphatic carbocycles. The maximum atomic E-state index is 12.9. The molecule has 3 atom stereocenters. The number of hydrazone groups is 1. The summed E-state index contributed by atoms with van der Waals surface area (Å²) in [6.07, 6.45) is 3.96. The van der Waals surface area contributed by atoms with Gasteiger partial charge in [-0.1, -0.05) is 22.4 Å². The predicted octanol–water partition coefficient (Wildman–Crippen LogP) is 2.40. The largest absolute Gasteiger partial charge is 0.285 e. The van der Waals surface area contributed by atoms with E-state index in [-0.39, 0.29) is 23.7 Å². The van der Waals surface area contributed by atoms with Crippen molar-refractivity contribution in [1.82, 2.24) is 9.91 Å². The number of amides is 2. The Morgan fingerprint density at radius 2 is 1.92 bits per heavy atom. The number of anilines is 1. The molecule has 1 saturated carbocycles. The third kappa shape index (κ3) is 1.85. The van der Waals surface area contributed by atoms with Gasteiger partial charge in [0, 0.05) is 18.1 Å². The Labute approximate surface area is 154 Å². The second kappa shape index (κ2) is 5.14. The van der Waals surface area contributed by atoms with Crippen LogP contribution in [-0.2, 0) is 9.59 Å². The van der Waals surface area contributed by atoms with Crippen molar-refractivity contribution in [2.24, 2.45) is 16.9 Å². The Kier molecular flexibility index (Phi) is 3.19. The van der Waals surface area contributed by atoms with E-state index >= 15 is 0 Å². The third-order valence-electron chi connectivity index (χ3n) is 6.21. The van der Waals surface area contributed by atoms with Crippen molar-refractivity contribution in [3.8, 4) is 0 Å². The van der Waals surface area contributed by atoms with E-state index in [1.54, 1.807) is 7.05 Å². The molecule has 3 fully saturated rings. The van der Waals surface area contributed by atoms with Gasteiger partial charge in [0.15, 0.2) is 0 Å². The average Bonchev–Trinajstić information content (AvgIpc) is 3.18. The van der Waals surface area contributed by atoms with Crippen LogP contribution in [0.5, 0.6) is 0 Å². The van der Waals surface area contributed by atoms with Crippen molar-refractivity contribution in [2.45, 2.75) is 31.2 Å². The summed E-state index contributed by atoms with van der Waals surface area (Å²) in [7, 11) is 1.62. The van der Waals surface area contributed by atoms with Crippen LogP contribution in [-0.4, -0.2) is 46.6 Å². The van der Waals surface area contributed by atoms with E-state index in [2.05, 4.69) is 20.9 Å². The summed E-state index contributed by atoms with van der Waals surface area (Å²) >= 11 is 3.47. The van der Waals surface area contributed by atoms with Crippen molar-refractivity contribution >= 4 is 39.1 Å². The molecule has 0 unspecified atom stereocenters. The summed E-state index contributed by atoms with van der Waals surface area (Å²) in [4.78, 5) is 26.8. The maximum absolute atomic E-state index is 12.9. The van der Waals surface area contributed by atoms with Gasteiger partial charge in [-0.2, -0.15) is 15.2 Å². The molecule has 6 nitrogen and oxygen atoms in total. The van der Waals surface area contributed by atoms with Crippen LogP contribution in [0.3, 0.4) is 0 Å². The number of fused-ring (bicyclic) bond motifs is 1. The van der Waals surface area contributed by atoms with E-state index in [0.29, 0.717) is 6.54 Å². The van der Waals surface area contributed by atoms with Crippen LogP contribution in [0.2, 0.25) is 0 Å². The van der Waals surface area contributed by atoms with Gasteiger partial charge < -0.3 is 0 Å². The van der Waals surface area contributed by atoms with Gasteiger partial charge in [-0.15, -0.1) is 0 Å². The molecule has 1 spiro atoms. The van der Waals surface area contributed by atoms with Crippen LogP contribution in [0.4, 0.5) is 5.69 Å². The second-order valence-electron chi connectivity index (χ2n) is 7.35. The molecule has 4 aliphatic rings. The number of halogens is 1. The number of hydrazine groups is 1. The summed E-state index contributed by atoms with van der Waals surface area (Å²) in [6.45, 7) is 0.558. The van der Waals surface area contributed by atoms with Crippen LogP contribution in [0.25, 0.3) is 0 Å². The number of hydrogen-bond donors (Lipinski definition) is 0. The molecule has 3 heterocycles. The first-order chi connectivity index (χ1) is 12.0. The van der Waals surface area contributed by atoms with E-state index in [1.165, 1.54) is 4.90 Å². The molecule has 7 heteroatoms. The molecule has 0 aromatic heterocycles. The smallest absolute Gasteiger partial charge is 0.235 e. The fraction of sp³-hybridized carbons (Fsp3) is 0.500. The number of likely N-dealkylation sites (tertiary alicyclic amines) is 1. The normalized spacial score (nSPS) is 34.2. The minimum absolute atomic E-state index is 0.0373. The first-order valence-electron chi connectivity index (χ1n) is 8.76. The minimum atomic E-state index is -0.409. The molecule has 2 amide bonds. The molecule has 0 radical (unpaired) electrons. The van der Waals surface area contributed by atoms with Gasteiger partial charge in [0.25, 0.3) is 0 Å². The van der Waals surface area contributed by atoms with E-state index in [0.717, 1.165) is 41.6 Å². The lowest BCUT2D eigenvalue weighted by molar-refractivity contribution is -0.139. The number of imide groups is 1. The van der Waals surface area contributed by atoms with Gasteiger partial charge in [0.05, 0.1) is 28.8 Å². The average molecular weight is 403 g/mol. The Balaban J connectivity index is 1.63. The Hall–Kier alpha value is -1.73. The quantitative estimate of drug-likeness (QED) is 0.676. The van der Waals surface area contributed by atoms with E-state index < -0.39 is 5.54 Å². The lowest BCUT2D eigenvalue weighted by Crippen LogP contribution is -2.57. The molecular formula is C18H19BrN4O2. The molecule has 1 aromatic carbocycles. The van der Waals surface area contributed by atoms with Gasteiger partial charge in [0.1, 0.15) is 0 Å². The standard InChI is InChI=1S/C18H19BrN4O2/c1-21-16(24)13-10-22-18(15(13)17(21)25)9-3-2-4-14(18)20-23(22)12-7-5-11(19)6-8-12/h5-8,13,15H,2-4,9-10H2,1H3/t13-,15+,18+/m1/s1. The Morgan fingerprint density at radius 3 is 2.68 bits per heavy atom. The second-order valence-corrected chi connectivity index (χ2v) is 8.26. The number of rotatable bonds is 1. The highest BCUT2D eigenvalue weighted by molar-refractivity contribution is 9.10. The van der Waals surface area contributed by atoms with Gasteiger partial charge in [0.2, 0.25) is 11.8 Å². The predicted molar refractivity (Wildman–Crippen MR) is 96.7 cm³/mol. The van der Waals surface area contributed by atoms with Crippen LogP contribution in [0.1, 0.15) is 25.7 Å². The van der Waals surface area contributed by atoms with Crippen molar-refractivity contribution in [2.75, 3.05) is 18.7 Å². The number of nitrogens with zero attached hydrogens (tertiary/aromatic N) is 4. The summed E-state index contributed by atoms with van der Waals surface area (Å²) in [5.74, 6) is -0.618. The fourth-order valence-corrected chi connectivity index (χ4v) is 5.36.